The Bertz CT molecular complexity index is 658. The van der Waals surface area contributed by atoms with E-state index in [2.05, 4.69) is 4.98 Å². The van der Waals surface area contributed by atoms with Crippen molar-refractivity contribution in [3.8, 4) is 17.0 Å². The lowest BCUT2D eigenvalue weighted by Crippen LogP contribution is -2.29. The fraction of sp³-hybridized carbons (Fsp3) is 0.294. The summed E-state index contributed by atoms with van der Waals surface area (Å²) in [7, 11) is 0. The van der Waals surface area contributed by atoms with E-state index in [1.807, 2.05) is 0 Å². The Labute approximate surface area is 128 Å². The number of pyridine rings is 1. The Morgan fingerprint density at radius 1 is 1.23 bits per heavy atom. The summed E-state index contributed by atoms with van der Waals surface area (Å²) in [5.74, 6) is 0.392. The van der Waals surface area contributed by atoms with Crippen LogP contribution in [0.15, 0.2) is 42.6 Å². The second-order valence-corrected chi connectivity index (χ2v) is 5.20. The smallest absolute Gasteiger partial charge is 0.222 e. The minimum Gasteiger partial charge on any atom is -0.476 e. The van der Waals surface area contributed by atoms with Crippen molar-refractivity contribution >= 4 is 5.91 Å². The molecule has 22 heavy (non-hydrogen) atoms. The van der Waals surface area contributed by atoms with Crippen LogP contribution < -0.4 is 4.74 Å². The van der Waals surface area contributed by atoms with Crippen LogP contribution in [0.25, 0.3) is 11.1 Å². The molecular formula is C17H17FN2O2. The number of amides is 1. The molecule has 5 heteroatoms. The van der Waals surface area contributed by atoms with E-state index in [1.165, 1.54) is 6.07 Å². The molecule has 0 unspecified atom stereocenters. The van der Waals surface area contributed by atoms with Crippen LogP contribution in [-0.2, 0) is 4.79 Å². The van der Waals surface area contributed by atoms with Gasteiger partial charge in [0.05, 0.1) is 6.54 Å². The number of hydrogen-bond acceptors (Lipinski definition) is 3. The van der Waals surface area contributed by atoms with Crippen molar-refractivity contribution in [1.29, 1.82) is 0 Å². The van der Waals surface area contributed by atoms with Gasteiger partial charge in [0.1, 0.15) is 12.4 Å². The van der Waals surface area contributed by atoms with Crippen LogP contribution >= 0.6 is 0 Å². The molecule has 4 nitrogen and oxygen atoms in total. The molecular weight excluding hydrogens is 283 g/mol. The van der Waals surface area contributed by atoms with Gasteiger partial charge in [-0.25, -0.2) is 9.37 Å². The van der Waals surface area contributed by atoms with Gasteiger partial charge in [-0.3, -0.25) is 4.79 Å². The highest BCUT2D eigenvalue weighted by Gasteiger charge is 2.19. The highest BCUT2D eigenvalue weighted by molar-refractivity contribution is 5.78. The third kappa shape index (κ3) is 3.24. The van der Waals surface area contributed by atoms with Crippen molar-refractivity contribution in [2.24, 2.45) is 0 Å². The minimum atomic E-state index is -0.273. The zero-order valence-corrected chi connectivity index (χ0v) is 12.2. The van der Waals surface area contributed by atoms with E-state index in [-0.39, 0.29) is 11.7 Å². The second-order valence-electron chi connectivity index (χ2n) is 5.20. The third-order valence-electron chi connectivity index (χ3n) is 3.70. The molecule has 2 aromatic rings. The van der Waals surface area contributed by atoms with Crippen LogP contribution in [0.5, 0.6) is 5.88 Å². The molecule has 1 fully saturated rings. The van der Waals surface area contributed by atoms with Crippen molar-refractivity contribution in [3.63, 3.8) is 0 Å². The van der Waals surface area contributed by atoms with Gasteiger partial charge in [0.15, 0.2) is 0 Å². The van der Waals surface area contributed by atoms with Gasteiger partial charge in [0, 0.05) is 36.4 Å². The number of carbonyl (C=O) groups excluding carboxylic acids is 1. The first-order valence-corrected chi connectivity index (χ1v) is 7.35. The van der Waals surface area contributed by atoms with E-state index in [0.29, 0.717) is 36.6 Å². The first-order chi connectivity index (χ1) is 10.7. The Hall–Kier alpha value is -2.43. The molecule has 0 N–H and O–H groups in total. The highest BCUT2D eigenvalue weighted by atomic mass is 19.1. The Morgan fingerprint density at radius 2 is 2.09 bits per heavy atom. The van der Waals surface area contributed by atoms with Gasteiger partial charge in [-0.1, -0.05) is 18.2 Å². The molecule has 0 spiro atoms. The Morgan fingerprint density at radius 3 is 2.77 bits per heavy atom. The summed E-state index contributed by atoms with van der Waals surface area (Å²) in [4.78, 5) is 17.5. The van der Waals surface area contributed by atoms with E-state index < -0.39 is 0 Å². The van der Waals surface area contributed by atoms with E-state index in [9.17, 15) is 9.18 Å². The number of benzene rings is 1. The normalized spacial score (nSPS) is 14.4. The van der Waals surface area contributed by atoms with Crippen LogP contribution in [0.3, 0.4) is 0 Å². The molecule has 114 valence electrons. The highest BCUT2D eigenvalue weighted by Crippen LogP contribution is 2.23. The number of hydrogen-bond donors (Lipinski definition) is 0. The second kappa shape index (κ2) is 6.56. The molecule has 0 radical (unpaired) electrons. The molecule has 1 aliphatic heterocycles. The lowest BCUT2D eigenvalue weighted by atomic mass is 10.1. The fourth-order valence-electron chi connectivity index (χ4n) is 2.52. The molecule has 3 rings (SSSR count). The number of carbonyl (C=O) groups is 1. The number of nitrogens with zero attached hydrogens (tertiary/aromatic N) is 2. The third-order valence-corrected chi connectivity index (χ3v) is 3.70. The standard InChI is InChI=1S/C17H17FN2O2/c18-15-5-2-1-4-14(15)13-7-8-16(19-12-13)22-11-10-20-9-3-6-17(20)21/h1-2,4-5,7-8,12H,3,6,9-11H2. The van der Waals surface area contributed by atoms with Crippen LogP contribution in [0.4, 0.5) is 4.39 Å². The van der Waals surface area contributed by atoms with Gasteiger partial charge >= 0.3 is 0 Å². The lowest BCUT2D eigenvalue weighted by molar-refractivity contribution is -0.128. The van der Waals surface area contributed by atoms with Crippen LogP contribution in [0.2, 0.25) is 0 Å². The van der Waals surface area contributed by atoms with E-state index in [0.717, 1.165) is 13.0 Å². The van der Waals surface area contributed by atoms with Crippen molar-refractivity contribution in [3.05, 3.63) is 48.4 Å². The van der Waals surface area contributed by atoms with Gasteiger partial charge < -0.3 is 9.64 Å². The number of ether oxygens (including phenoxy) is 1. The molecule has 1 saturated heterocycles. The van der Waals surface area contributed by atoms with E-state index in [4.69, 9.17) is 4.74 Å². The monoisotopic (exact) mass is 300 g/mol. The maximum absolute atomic E-state index is 13.7. The molecule has 0 bridgehead atoms. The first kappa shape index (κ1) is 14.5. The quantitative estimate of drug-likeness (QED) is 0.852. The summed E-state index contributed by atoms with van der Waals surface area (Å²) in [6.07, 6.45) is 3.15. The first-order valence-electron chi connectivity index (χ1n) is 7.35. The largest absolute Gasteiger partial charge is 0.476 e. The van der Waals surface area contributed by atoms with Crippen molar-refractivity contribution in [2.45, 2.75) is 12.8 Å². The molecule has 0 aliphatic carbocycles. The minimum absolute atomic E-state index is 0.187. The van der Waals surface area contributed by atoms with Crippen molar-refractivity contribution < 1.29 is 13.9 Å². The predicted octanol–water partition coefficient (Wildman–Crippen LogP) is 2.89. The van der Waals surface area contributed by atoms with Crippen molar-refractivity contribution in [2.75, 3.05) is 19.7 Å². The summed E-state index contributed by atoms with van der Waals surface area (Å²) >= 11 is 0. The molecule has 1 aromatic heterocycles. The van der Waals surface area contributed by atoms with Gasteiger partial charge in [-0.2, -0.15) is 0 Å². The van der Waals surface area contributed by atoms with E-state index >= 15 is 0 Å². The molecule has 0 atom stereocenters. The number of halogens is 1. The Kier molecular flexibility index (Phi) is 4.32. The average molecular weight is 300 g/mol. The molecule has 2 heterocycles. The molecule has 1 aromatic carbocycles. The average Bonchev–Trinajstić information content (AvgIpc) is 2.94. The van der Waals surface area contributed by atoms with E-state index in [1.54, 1.807) is 41.4 Å². The van der Waals surface area contributed by atoms with Crippen LogP contribution in [0.1, 0.15) is 12.8 Å². The number of rotatable bonds is 5. The molecule has 1 amide bonds. The predicted molar refractivity (Wildman–Crippen MR) is 80.9 cm³/mol. The van der Waals surface area contributed by atoms with Gasteiger partial charge in [0.2, 0.25) is 11.8 Å². The van der Waals surface area contributed by atoms with Crippen LogP contribution in [0, 0.1) is 5.82 Å². The van der Waals surface area contributed by atoms with Gasteiger partial charge in [-0.15, -0.1) is 0 Å². The number of likely N-dealkylation sites (tertiary alicyclic amines) is 1. The zero-order valence-electron chi connectivity index (χ0n) is 12.2. The summed E-state index contributed by atoms with van der Waals surface area (Å²) < 4.78 is 19.2. The molecule has 1 aliphatic rings. The topological polar surface area (TPSA) is 42.4 Å². The fourth-order valence-corrected chi connectivity index (χ4v) is 2.52. The van der Waals surface area contributed by atoms with Gasteiger partial charge in [0.25, 0.3) is 0 Å². The summed E-state index contributed by atoms with van der Waals surface area (Å²) in [5.41, 5.74) is 1.23. The maximum atomic E-state index is 13.7. The lowest BCUT2D eigenvalue weighted by Gasteiger charge is -2.15. The van der Waals surface area contributed by atoms with Gasteiger partial charge in [-0.05, 0) is 18.6 Å². The zero-order chi connectivity index (χ0) is 15.4. The summed E-state index contributed by atoms with van der Waals surface area (Å²) in [6, 6.07) is 10.1. The Balaban J connectivity index is 1.58. The summed E-state index contributed by atoms with van der Waals surface area (Å²) in [6.45, 7) is 1.80. The SMILES string of the molecule is O=C1CCCN1CCOc1ccc(-c2ccccc2F)cn1. The number of aromatic nitrogens is 1. The maximum Gasteiger partial charge on any atom is 0.222 e. The van der Waals surface area contributed by atoms with Crippen LogP contribution in [-0.4, -0.2) is 35.5 Å². The molecule has 0 saturated carbocycles. The summed E-state index contributed by atoms with van der Waals surface area (Å²) in [5, 5.41) is 0. The van der Waals surface area contributed by atoms with Crippen molar-refractivity contribution in [1.82, 2.24) is 9.88 Å².